The number of likely N-dealkylation sites (tertiary alicyclic amines) is 1. The zero-order valence-electron chi connectivity index (χ0n) is 15.9. The molecular formula is C18H38IN5. The largest absolute Gasteiger partial charge is 0.355 e. The van der Waals surface area contributed by atoms with E-state index in [1.54, 1.807) is 0 Å². The molecule has 142 valence electrons. The highest BCUT2D eigenvalue weighted by Gasteiger charge is 2.20. The standard InChI is InChI=1S/C18H37N5.HI/c1-4-12-23-13-9-16(10-14-23)21-18(19-2)20-11-15-22(3)17-7-5-6-8-17;/h16-17H,4-15H2,1-3H3,(H2,19,20,21);1H. The summed E-state index contributed by atoms with van der Waals surface area (Å²) in [6.07, 6.45) is 9.27. The van der Waals surface area contributed by atoms with Gasteiger partial charge in [0.15, 0.2) is 5.96 Å². The molecule has 0 aromatic rings. The third-order valence-electron chi connectivity index (χ3n) is 5.40. The van der Waals surface area contributed by atoms with Crippen LogP contribution in [0, 0.1) is 0 Å². The third kappa shape index (κ3) is 7.44. The van der Waals surface area contributed by atoms with E-state index in [0.29, 0.717) is 6.04 Å². The number of guanidine groups is 1. The van der Waals surface area contributed by atoms with Crippen molar-refractivity contribution < 1.29 is 0 Å². The van der Waals surface area contributed by atoms with Gasteiger partial charge in [-0.1, -0.05) is 19.8 Å². The van der Waals surface area contributed by atoms with E-state index in [1.165, 1.54) is 64.6 Å². The highest BCUT2D eigenvalue weighted by Crippen LogP contribution is 2.21. The van der Waals surface area contributed by atoms with Gasteiger partial charge in [-0.2, -0.15) is 0 Å². The van der Waals surface area contributed by atoms with Crippen molar-refractivity contribution in [3.05, 3.63) is 0 Å². The smallest absolute Gasteiger partial charge is 0.191 e. The molecule has 0 radical (unpaired) electrons. The molecule has 5 nitrogen and oxygen atoms in total. The average molecular weight is 451 g/mol. The lowest BCUT2D eigenvalue weighted by Crippen LogP contribution is -2.50. The lowest BCUT2D eigenvalue weighted by molar-refractivity contribution is 0.206. The van der Waals surface area contributed by atoms with Crippen LogP contribution in [0.1, 0.15) is 51.9 Å². The second-order valence-electron chi connectivity index (χ2n) is 7.18. The van der Waals surface area contributed by atoms with Crippen molar-refractivity contribution in [1.29, 1.82) is 0 Å². The van der Waals surface area contributed by atoms with Crippen molar-refractivity contribution in [1.82, 2.24) is 20.4 Å². The number of aliphatic imine (C=N–C) groups is 1. The minimum atomic E-state index is 0. The Morgan fingerprint density at radius 2 is 1.83 bits per heavy atom. The first kappa shape index (κ1) is 22.0. The SMILES string of the molecule is CCCN1CCC(NC(=NC)NCCN(C)C2CCCC2)CC1.I. The minimum Gasteiger partial charge on any atom is -0.355 e. The fourth-order valence-electron chi connectivity index (χ4n) is 3.88. The zero-order chi connectivity index (χ0) is 16.5. The van der Waals surface area contributed by atoms with Gasteiger partial charge in [0.2, 0.25) is 0 Å². The van der Waals surface area contributed by atoms with E-state index in [1.807, 2.05) is 7.05 Å². The Hall–Kier alpha value is -0.0800. The second-order valence-corrected chi connectivity index (χ2v) is 7.18. The predicted molar refractivity (Wildman–Crippen MR) is 115 cm³/mol. The summed E-state index contributed by atoms with van der Waals surface area (Å²) in [4.78, 5) is 9.48. The first-order valence-corrected chi connectivity index (χ1v) is 9.62. The highest BCUT2D eigenvalue weighted by molar-refractivity contribution is 14.0. The Labute approximate surface area is 166 Å². The number of hydrogen-bond acceptors (Lipinski definition) is 3. The molecule has 1 saturated carbocycles. The molecule has 1 heterocycles. The summed E-state index contributed by atoms with van der Waals surface area (Å²) in [6.45, 7) is 8.01. The molecule has 0 spiro atoms. The summed E-state index contributed by atoms with van der Waals surface area (Å²) in [7, 11) is 4.14. The molecule has 0 aromatic carbocycles. The fourth-order valence-corrected chi connectivity index (χ4v) is 3.88. The van der Waals surface area contributed by atoms with Crippen LogP contribution in [0.5, 0.6) is 0 Å². The average Bonchev–Trinajstić information content (AvgIpc) is 3.10. The first-order chi connectivity index (χ1) is 11.2. The van der Waals surface area contributed by atoms with Crippen molar-refractivity contribution >= 4 is 29.9 Å². The van der Waals surface area contributed by atoms with Crippen LogP contribution >= 0.6 is 24.0 Å². The van der Waals surface area contributed by atoms with Gasteiger partial charge in [-0.25, -0.2) is 0 Å². The summed E-state index contributed by atoms with van der Waals surface area (Å²) < 4.78 is 0. The van der Waals surface area contributed by atoms with Crippen LogP contribution in [0.2, 0.25) is 0 Å². The van der Waals surface area contributed by atoms with Crippen LogP contribution in [0.25, 0.3) is 0 Å². The normalized spacial score (nSPS) is 21.1. The first-order valence-electron chi connectivity index (χ1n) is 9.62. The maximum atomic E-state index is 4.39. The lowest BCUT2D eigenvalue weighted by Gasteiger charge is -2.33. The molecule has 1 aliphatic heterocycles. The molecule has 2 fully saturated rings. The Bertz CT molecular complexity index is 349. The summed E-state index contributed by atoms with van der Waals surface area (Å²) in [5.41, 5.74) is 0. The monoisotopic (exact) mass is 451 g/mol. The van der Waals surface area contributed by atoms with Crippen molar-refractivity contribution in [3.8, 4) is 0 Å². The highest BCUT2D eigenvalue weighted by atomic mass is 127. The molecule has 0 amide bonds. The van der Waals surface area contributed by atoms with Crippen LogP contribution in [0.3, 0.4) is 0 Å². The van der Waals surface area contributed by atoms with Crippen molar-refractivity contribution in [2.75, 3.05) is 46.8 Å². The van der Waals surface area contributed by atoms with Crippen LogP contribution in [0.15, 0.2) is 4.99 Å². The van der Waals surface area contributed by atoms with Crippen LogP contribution in [-0.4, -0.2) is 74.7 Å². The van der Waals surface area contributed by atoms with E-state index in [4.69, 9.17) is 0 Å². The summed E-state index contributed by atoms with van der Waals surface area (Å²) >= 11 is 0. The van der Waals surface area contributed by atoms with Gasteiger partial charge in [-0.05, 0) is 45.7 Å². The maximum absolute atomic E-state index is 4.39. The van der Waals surface area contributed by atoms with Gasteiger partial charge in [0.05, 0.1) is 0 Å². The molecule has 2 aliphatic rings. The van der Waals surface area contributed by atoms with Crippen LogP contribution < -0.4 is 10.6 Å². The van der Waals surface area contributed by atoms with Gasteiger partial charge in [0.25, 0.3) is 0 Å². The predicted octanol–water partition coefficient (Wildman–Crippen LogP) is 2.52. The quantitative estimate of drug-likeness (QED) is 0.355. The Morgan fingerprint density at radius 1 is 1.17 bits per heavy atom. The molecule has 0 atom stereocenters. The molecule has 2 rings (SSSR count). The van der Waals surface area contributed by atoms with Gasteiger partial charge in [0, 0.05) is 45.3 Å². The van der Waals surface area contributed by atoms with Gasteiger partial charge < -0.3 is 20.4 Å². The lowest BCUT2D eigenvalue weighted by atomic mass is 10.1. The Morgan fingerprint density at radius 3 is 2.42 bits per heavy atom. The Kier molecular flexibility index (Phi) is 11.3. The topological polar surface area (TPSA) is 42.9 Å². The summed E-state index contributed by atoms with van der Waals surface area (Å²) in [5.74, 6) is 0.971. The second kappa shape index (κ2) is 12.3. The number of halogens is 1. The van der Waals surface area contributed by atoms with Gasteiger partial charge in [-0.3, -0.25) is 4.99 Å². The molecule has 6 heteroatoms. The number of piperidine rings is 1. The number of likely N-dealkylation sites (N-methyl/N-ethyl adjacent to an activating group) is 1. The van der Waals surface area contributed by atoms with Gasteiger partial charge in [0.1, 0.15) is 0 Å². The summed E-state index contributed by atoms with van der Waals surface area (Å²) in [5, 5.41) is 7.10. The molecule has 0 bridgehead atoms. The maximum Gasteiger partial charge on any atom is 0.191 e. The summed E-state index contributed by atoms with van der Waals surface area (Å²) in [6, 6.07) is 1.37. The van der Waals surface area contributed by atoms with E-state index >= 15 is 0 Å². The number of nitrogens with zero attached hydrogens (tertiary/aromatic N) is 3. The van der Waals surface area contributed by atoms with Crippen molar-refractivity contribution in [2.45, 2.75) is 64.0 Å². The number of hydrogen-bond donors (Lipinski definition) is 2. The molecule has 1 aliphatic carbocycles. The van der Waals surface area contributed by atoms with E-state index in [9.17, 15) is 0 Å². The fraction of sp³-hybridized carbons (Fsp3) is 0.944. The molecule has 0 unspecified atom stereocenters. The van der Waals surface area contributed by atoms with Crippen molar-refractivity contribution in [3.63, 3.8) is 0 Å². The van der Waals surface area contributed by atoms with E-state index < -0.39 is 0 Å². The van der Waals surface area contributed by atoms with Crippen molar-refractivity contribution in [2.24, 2.45) is 4.99 Å². The Balaban J connectivity index is 0.00000288. The molecule has 24 heavy (non-hydrogen) atoms. The molecule has 2 N–H and O–H groups in total. The molecule has 1 saturated heterocycles. The van der Waals surface area contributed by atoms with E-state index in [0.717, 1.165) is 25.1 Å². The van der Waals surface area contributed by atoms with Gasteiger partial charge in [-0.15, -0.1) is 24.0 Å². The third-order valence-corrected chi connectivity index (χ3v) is 5.40. The zero-order valence-corrected chi connectivity index (χ0v) is 18.2. The minimum absolute atomic E-state index is 0. The van der Waals surface area contributed by atoms with Gasteiger partial charge >= 0.3 is 0 Å². The van der Waals surface area contributed by atoms with Crippen LogP contribution in [-0.2, 0) is 0 Å². The van der Waals surface area contributed by atoms with E-state index in [-0.39, 0.29) is 24.0 Å². The molecule has 0 aromatic heterocycles. The van der Waals surface area contributed by atoms with E-state index in [2.05, 4.69) is 39.4 Å². The van der Waals surface area contributed by atoms with Crippen LogP contribution in [0.4, 0.5) is 0 Å². The number of nitrogens with one attached hydrogen (secondary N) is 2. The molecular weight excluding hydrogens is 413 g/mol. The number of rotatable bonds is 7.